The number of hydrogen-bond donors (Lipinski definition) is 3. The molecule has 0 spiro atoms. The number of aromatic hydroxyl groups is 1. The maximum Gasteiger partial charge on any atom is 0.408 e. The van der Waals surface area contributed by atoms with Crippen LogP contribution >= 0.6 is 11.8 Å². The maximum absolute atomic E-state index is 14.4. The Hall–Kier alpha value is -3.73. The number of aryl methyl sites for hydroxylation is 1. The number of ether oxygens (including phenoxy) is 2. The highest BCUT2D eigenvalue weighted by atomic mass is 32.2. The van der Waals surface area contributed by atoms with Gasteiger partial charge in [0.15, 0.2) is 0 Å². The molecule has 0 bridgehead atoms. The molecular weight excluding hydrogens is 606 g/mol. The lowest BCUT2D eigenvalue weighted by molar-refractivity contribution is -0.159. The number of phenolic OH excluding ortho intramolecular Hbond substituents is 1. The fourth-order valence-electron chi connectivity index (χ4n) is 4.95. The lowest BCUT2D eigenvalue weighted by Crippen LogP contribution is -2.55. The Bertz CT molecular complexity index is 1370. The Balaban J connectivity index is 2.05. The number of benzene rings is 2. The third-order valence-electron chi connectivity index (χ3n) is 7.15. The van der Waals surface area contributed by atoms with Gasteiger partial charge in [0.05, 0.1) is 0 Å². The molecule has 0 aromatic heterocycles. The van der Waals surface area contributed by atoms with Crippen LogP contribution in [-0.2, 0) is 30.3 Å². The minimum atomic E-state index is -1.16. The van der Waals surface area contributed by atoms with Crippen LogP contribution in [-0.4, -0.2) is 75.2 Å². The molecule has 11 heteroatoms. The van der Waals surface area contributed by atoms with Crippen molar-refractivity contribution < 1.29 is 33.8 Å². The fraction of sp³-hybridized carbons (Fsp3) is 0.543. The van der Waals surface area contributed by atoms with E-state index in [2.05, 4.69) is 10.6 Å². The van der Waals surface area contributed by atoms with Gasteiger partial charge in [0, 0.05) is 12.5 Å². The van der Waals surface area contributed by atoms with Gasteiger partial charge < -0.3 is 30.1 Å². The van der Waals surface area contributed by atoms with E-state index in [0.29, 0.717) is 36.1 Å². The second-order valence-corrected chi connectivity index (χ2v) is 14.7. The minimum absolute atomic E-state index is 0.0485. The van der Waals surface area contributed by atoms with Crippen LogP contribution in [0.4, 0.5) is 4.79 Å². The van der Waals surface area contributed by atoms with Crippen LogP contribution in [0.3, 0.4) is 0 Å². The van der Waals surface area contributed by atoms with Crippen LogP contribution in [0.1, 0.15) is 83.5 Å². The van der Waals surface area contributed by atoms with Crippen LogP contribution < -0.4 is 10.6 Å². The molecule has 3 unspecified atom stereocenters. The SMILES string of the molecule is CSCCC(NC(=O)OC(C)(C)C)C(=O)N(C1CC1)C(C(=O)NC(Cc1ccccc1)C(=O)OC(C)(C)C)c1ccc(O)c(C)c1. The first-order valence-electron chi connectivity index (χ1n) is 15.7. The van der Waals surface area contributed by atoms with Gasteiger partial charge in [0.2, 0.25) is 11.8 Å². The molecular formula is C35H49N3O7S. The van der Waals surface area contributed by atoms with Crippen molar-refractivity contribution in [1.29, 1.82) is 0 Å². The topological polar surface area (TPSA) is 134 Å². The zero-order valence-electron chi connectivity index (χ0n) is 28.2. The predicted molar refractivity (Wildman–Crippen MR) is 180 cm³/mol. The normalized spacial score (nSPS) is 15.2. The summed E-state index contributed by atoms with van der Waals surface area (Å²) in [5.41, 5.74) is 0.255. The third-order valence-corrected chi connectivity index (χ3v) is 7.79. The molecule has 252 valence electrons. The van der Waals surface area contributed by atoms with Gasteiger partial charge >= 0.3 is 12.1 Å². The molecule has 1 aliphatic carbocycles. The van der Waals surface area contributed by atoms with E-state index in [1.807, 2.05) is 36.6 Å². The van der Waals surface area contributed by atoms with Crippen LogP contribution in [0.15, 0.2) is 48.5 Å². The van der Waals surface area contributed by atoms with E-state index in [4.69, 9.17) is 9.47 Å². The van der Waals surface area contributed by atoms with Gasteiger partial charge in [0.1, 0.15) is 35.1 Å². The first-order chi connectivity index (χ1) is 21.5. The quantitative estimate of drug-likeness (QED) is 0.243. The summed E-state index contributed by atoms with van der Waals surface area (Å²) >= 11 is 1.53. The predicted octanol–water partition coefficient (Wildman–Crippen LogP) is 5.45. The Labute approximate surface area is 277 Å². The van der Waals surface area contributed by atoms with Gasteiger partial charge in [-0.25, -0.2) is 9.59 Å². The molecule has 3 amide bonds. The molecule has 1 saturated carbocycles. The number of amides is 3. The maximum atomic E-state index is 14.4. The van der Waals surface area contributed by atoms with Crippen molar-refractivity contribution in [3.63, 3.8) is 0 Å². The average Bonchev–Trinajstić information content (AvgIpc) is 3.78. The molecule has 46 heavy (non-hydrogen) atoms. The summed E-state index contributed by atoms with van der Waals surface area (Å²) < 4.78 is 11.2. The lowest BCUT2D eigenvalue weighted by atomic mass is 9.98. The van der Waals surface area contributed by atoms with Crippen LogP contribution in [0, 0.1) is 6.92 Å². The van der Waals surface area contributed by atoms with Gasteiger partial charge in [-0.05, 0) is 109 Å². The van der Waals surface area contributed by atoms with Crippen molar-refractivity contribution in [2.45, 2.75) is 110 Å². The van der Waals surface area contributed by atoms with Gasteiger partial charge in [-0.2, -0.15) is 11.8 Å². The molecule has 2 aromatic rings. The van der Waals surface area contributed by atoms with Crippen molar-refractivity contribution in [3.05, 3.63) is 65.2 Å². The van der Waals surface area contributed by atoms with Crippen molar-refractivity contribution in [2.75, 3.05) is 12.0 Å². The first kappa shape index (κ1) is 36.7. The standard InChI is InChI=1S/C35H49N3O7S/c1-22-20-24(14-17-28(22)39)29(30(40)36-27(32(42)44-34(2,3)4)21-23-12-10-9-11-13-23)38(25-15-16-25)31(41)26(18-19-46-8)37-33(43)45-35(5,6)7/h9-14,17,20,25-27,29,39H,15-16,18-19,21H2,1-8H3,(H,36,40)(H,37,43). The summed E-state index contributed by atoms with van der Waals surface area (Å²) in [6.45, 7) is 12.2. The zero-order chi connectivity index (χ0) is 34.2. The van der Waals surface area contributed by atoms with Crippen molar-refractivity contribution >= 4 is 35.6 Å². The largest absolute Gasteiger partial charge is 0.508 e. The van der Waals surface area contributed by atoms with Gasteiger partial charge in [0.25, 0.3) is 0 Å². The molecule has 0 aliphatic heterocycles. The summed E-state index contributed by atoms with van der Waals surface area (Å²) in [4.78, 5) is 56.7. The van der Waals surface area contributed by atoms with Crippen molar-refractivity contribution in [1.82, 2.24) is 15.5 Å². The Kier molecular flexibility index (Phi) is 12.5. The zero-order valence-corrected chi connectivity index (χ0v) is 29.0. The molecule has 0 saturated heterocycles. The van der Waals surface area contributed by atoms with E-state index < -0.39 is 53.2 Å². The van der Waals surface area contributed by atoms with Gasteiger partial charge in [-0.3, -0.25) is 9.59 Å². The average molecular weight is 656 g/mol. The highest BCUT2D eigenvalue weighted by molar-refractivity contribution is 7.98. The molecule has 1 aliphatic rings. The second kappa shape index (κ2) is 15.7. The van der Waals surface area contributed by atoms with Crippen LogP contribution in [0.2, 0.25) is 0 Å². The number of nitrogens with one attached hydrogen (secondary N) is 2. The number of hydrogen-bond acceptors (Lipinski definition) is 8. The number of rotatable bonds is 13. The van der Waals surface area contributed by atoms with Gasteiger partial charge in [-0.15, -0.1) is 0 Å². The summed E-state index contributed by atoms with van der Waals surface area (Å²) in [5, 5.41) is 15.9. The molecule has 2 aromatic carbocycles. The number of esters is 1. The smallest absolute Gasteiger partial charge is 0.408 e. The highest BCUT2D eigenvalue weighted by Crippen LogP contribution is 2.37. The molecule has 3 rings (SSSR count). The van der Waals surface area contributed by atoms with E-state index >= 15 is 0 Å². The van der Waals surface area contributed by atoms with E-state index in [9.17, 15) is 24.3 Å². The molecule has 0 radical (unpaired) electrons. The third kappa shape index (κ3) is 11.3. The highest BCUT2D eigenvalue weighted by Gasteiger charge is 2.45. The monoisotopic (exact) mass is 655 g/mol. The van der Waals surface area contributed by atoms with Crippen molar-refractivity contribution in [2.24, 2.45) is 0 Å². The number of nitrogens with zero attached hydrogens (tertiary/aromatic N) is 1. The minimum Gasteiger partial charge on any atom is -0.508 e. The summed E-state index contributed by atoms with van der Waals surface area (Å²) in [7, 11) is 0. The number of carbonyl (C=O) groups excluding carboxylic acids is 4. The molecule has 1 fully saturated rings. The van der Waals surface area contributed by atoms with E-state index in [-0.39, 0.29) is 18.2 Å². The number of alkyl carbamates (subject to hydrolysis) is 1. The van der Waals surface area contributed by atoms with E-state index in [1.54, 1.807) is 60.6 Å². The van der Waals surface area contributed by atoms with E-state index in [1.165, 1.54) is 22.7 Å². The molecule has 0 heterocycles. The number of phenols is 1. The lowest BCUT2D eigenvalue weighted by Gasteiger charge is -2.35. The summed E-state index contributed by atoms with van der Waals surface area (Å²) in [5.74, 6) is -0.966. The fourth-order valence-corrected chi connectivity index (χ4v) is 5.42. The Morgan fingerprint density at radius 3 is 2.11 bits per heavy atom. The Morgan fingerprint density at radius 2 is 1.57 bits per heavy atom. The number of carbonyl (C=O) groups is 4. The summed E-state index contributed by atoms with van der Waals surface area (Å²) in [6, 6.07) is 10.6. The summed E-state index contributed by atoms with van der Waals surface area (Å²) in [6.07, 6.45) is 3.03. The van der Waals surface area contributed by atoms with Gasteiger partial charge in [-0.1, -0.05) is 36.4 Å². The molecule has 10 nitrogen and oxygen atoms in total. The van der Waals surface area contributed by atoms with Crippen LogP contribution in [0.5, 0.6) is 5.75 Å². The van der Waals surface area contributed by atoms with E-state index in [0.717, 1.165) is 5.56 Å². The van der Waals surface area contributed by atoms with Crippen LogP contribution in [0.25, 0.3) is 0 Å². The first-order valence-corrected chi connectivity index (χ1v) is 17.1. The second-order valence-electron chi connectivity index (χ2n) is 13.7. The number of thioether (sulfide) groups is 1. The molecule has 3 N–H and O–H groups in total. The van der Waals surface area contributed by atoms with Crippen molar-refractivity contribution in [3.8, 4) is 5.75 Å². The Morgan fingerprint density at radius 1 is 0.935 bits per heavy atom. The molecule has 3 atom stereocenters.